The van der Waals surface area contributed by atoms with Gasteiger partial charge in [0.25, 0.3) is 0 Å². The smallest absolute Gasteiger partial charge is 0.218 e. The van der Waals surface area contributed by atoms with Crippen molar-refractivity contribution >= 4 is 16.9 Å². The first-order valence-corrected chi connectivity index (χ1v) is 3.93. The fraction of sp³-hybridized carbons (Fsp3) is 0.833. The summed E-state index contributed by atoms with van der Waals surface area (Å²) in [6, 6.07) is 0. The topological polar surface area (TPSA) is 27.6 Å². The van der Waals surface area contributed by atoms with E-state index in [0.717, 1.165) is 13.2 Å². The minimum atomic E-state index is 0.591. The van der Waals surface area contributed by atoms with Crippen molar-refractivity contribution in [1.29, 1.82) is 0 Å². The molecule has 0 aliphatic carbocycles. The molecule has 0 bridgehead atoms. The average Bonchev–Trinajstić information content (AvgIpc) is 2.31. The molecule has 4 heteroatoms. The van der Waals surface area contributed by atoms with Crippen molar-refractivity contribution in [3.8, 4) is 0 Å². The summed E-state index contributed by atoms with van der Waals surface area (Å²) in [6.45, 7) is 3.93. The lowest BCUT2D eigenvalue weighted by atomic mass is 10.3. The first kappa shape index (κ1) is 7.66. The molecule has 1 rings (SSSR count). The Hall–Kier alpha value is -0.440. The third-order valence-corrected chi connectivity index (χ3v) is 1.80. The van der Waals surface area contributed by atoms with E-state index in [0.29, 0.717) is 5.29 Å². The van der Waals surface area contributed by atoms with Crippen molar-refractivity contribution in [2.24, 2.45) is 5.10 Å². The van der Waals surface area contributed by atoms with Gasteiger partial charge in [-0.3, -0.25) is 5.43 Å². The molecule has 0 spiro atoms. The van der Waals surface area contributed by atoms with Crippen LogP contribution in [0.3, 0.4) is 0 Å². The van der Waals surface area contributed by atoms with Crippen molar-refractivity contribution < 1.29 is 0 Å². The van der Waals surface area contributed by atoms with Crippen LogP contribution in [0.2, 0.25) is 0 Å². The van der Waals surface area contributed by atoms with Gasteiger partial charge in [-0.05, 0) is 18.0 Å². The number of hydrogen-bond donors (Lipinski definition) is 1. The highest BCUT2D eigenvalue weighted by Gasteiger charge is 2.12. The van der Waals surface area contributed by atoms with Crippen molar-refractivity contribution in [2.45, 2.75) is 19.8 Å². The van der Waals surface area contributed by atoms with Crippen LogP contribution in [-0.2, 0) is 0 Å². The van der Waals surface area contributed by atoms with Crippen molar-refractivity contribution in [3.05, 3.63) is 0 Å². The molecule has 1 heterocycles. The second kappa shape index (κ2) is 3.66. The predicted octanol–water partition coefficient (Wildman–Crippen LogP) is 1.16. The summed E-state index contributed by atoms with van der Waals surface area (Å²) in [4.78, 5) is 2.02. The molecule has 0 atom stereocenters. The van der Waals surface area contributed by atoms with Crippen LogP contribution in [-0.4, -0.2) is 23.4 Å². The average molecular weight is 162 g/mol. The number of nitrogens with one attached hydrogen (secondary N) is 1. The van der Waals surface area contributed by atoms with Gasteiger partial charge in [0.05, 0.1) is 0 Å². The van der Waals surface area contributed by atoms with Crippen LogP contribution in [0.15, 0.2) is 5.10 Å². The van der Waals surface area contributed by atoms with Gasteiger partial charge in [0, 0.05) is 6.54 Å². The lowest BCUT2D eigenvalue weighted by Crippen LogP contribution is -2.27. The Bertz CT molecular complexity index is 135. The zero-order chi connectivity index (χ0) is 7.40. The van der Waals surface area contributed by atoms with Crippen molar-refractivity contribution in [1.82, 2.24) is 10.3 Å². The van der Waals surface area contributed by atoms with Crippen LogP contribution >= 0.6 is 11.6 Å². The molecule has 0 saturated heterocycles. The minimum Gasteiger partial charge on any atom is -0.327 e. The van der Waals surface area contributed by atoms with Crippen LogP contribution in [0.1, 0.15) is 19.8 Å². The molecule has 0 saturated carbocycles. The Labute approximate surface area is 66.0 Å². The van der Waals surface area contributed by atoms with Gasteiger partial charge in [-0.15, -0.1) is 5.10 Å². The summed E-state index contributed by atoms with van der Waals surface area (Å²) >= 11 is 5.73. The molecule has 0 fully saturated rings. The van der Waals surface area contributed by atoms with Gasteiger partial charge in [-0.1, -0.05) is 13.3 Å². The minimum absolute atomic E-state index is 0.591. The monoisotopic (exact) mass is 161 g/mol. The number of amidine groups is 1. The van der Waals surface area contributed by atoms with E-state index >= 15 is 0 Å². The summed E-state index contributed by atoms with van der Waals surface area (Å²) in [5, 5.41) is 4.42. The standard InChI is InChI=1S/C6H12ClN3/c1-2-3-4-10-5-8-9-6(10)7/h8H,2-5H2,1H3. The largest absolute Gasteiger partial charge is 0.327 e. The Balaban J connectivity index is 2.22. The van der Waals surface area contributed by atoms with E-state index in [-0.39, 0.29) is 0 Å². The Morgan fingerprint density at radius 1 is 1.80 bits per heavy atom. The SMILES string of the molecule is CCCCN1CNN=C1Cl. The first-order chi connectivity index (χ1) is 4.84. The molecule has 3 nitrogen and oxygen atoms in total. The van der Waals surface area contributed by atoms with Crippen LogP contribution in [0.4, 0.5) is 0 Å². The predicted molar refractivity (Wildman–Crippen MR) is 42.9 cm³/mol. The van der Waals surface area contributed by atoms with Crippen molar-refractivity contribution in [3.63, 3.8) is 0 Å². The van der Waals surface area contributed by atoms with E-state index < -0.39 is 0 Å². The highest BCUT2D eigenvalue weighted by molar-refractivity contribution is 6.64. The van der Waals surface area contributed by atoms with Gasteiger partial charge < -0.3 is 4.90 Å². The lowest BCUT2D eigenvalue weighted by Gasteiger charge is -2.13. The van der Waals surface area contributed by atoms with E-state index in [1.807, 2.05) is 4.90 Å². The fourth-order valence-corrected chi connectivity index (χ4v) is 1.05. The quantitative estimate of drug-likeness (QED) is 0.630. The number of hydrazone groups is 1. The molecule has 0 aromatic heterocycles. The zero-order valence-electron chi connectivity index (χ0n) is 6.10. The molecular weight excluding hydrogens is 150 g/mol. The normalized spacial score (nSPS) is 17.0. The van der Waals surface area contributed by atoms with Crippen LogP contribution in [0, 0.1) is 0 Å². The van der Waals surface area contributed by atoms with E-state index in [1.165, 1.54) is 12.8 Å². The first-order valence-electron chi connectivity index (χ1n) is 3.55. The molecule has 0 aromatic rings. The molecule has 1 aliphatic rings. The van der Waals surface area contributed by atoms with Gasteiger partial charge in [0.2, 0.25) is 5.29 Å². The van der Waals surface area contributed by atoms with Gasteiger partial charge in [0.1, 0.15) is 6.67 Å². The van der Waals surface area contributed by atoms with Gasteiger partial charge in [0.15, 0.2) is 0 Å². The number of rotatable bonds is 3. The third kappa shape index (κ3) is 1.77. The van der Waals surface area contributed by atoms with E-state index in [9.17, 15) is 0 Å². The highest BCUT2D eigenvalue weighted by Crippen LogP contribution is 2.02. The molecule has 0 amide bonds. The highest BCUT2D eigenvalue weighted by atomic mass is 35.5. The zero-order valence-corrected chi connectivity index (χ0v) is 6.86. The number of nitrogens with zero attached hydrogens (tertiary/aromatic N) is 2. The Kier molecular flexibility index (Phi) is 2.81. The van der Waals surface area contributed by atoms with Crippen LogP contribution in [0.25, 0.3) is 0 Å². The number of halogens is 1. The molecular formula is C6H12ClN3. The van der Waals surface area contributed by atoms with Gasteiger partial charge >= 0.3 is 0 Å². The molecule has 58 valence electrons. The van der Waals surface area contributed by atoms with E-state index in [2.05, 4.69) is 17.5 Å². The van der Waals surface area contributed by atoms with E-state index in [4.69, 9.17) is 11.6 Å². The molecule has 0 aromatic carbocycles. The summed E-state index contributed by atoms with van der Waals surface area (Å²) in [7, 11) is 0. The molecule has 0 unspecified atom stereocenters. The summed E-state index contributed by atoms with van der Waals surface area (Å²) in [5.41, 5.74) is 2.81. The molecule has 1 aliphatic heterocycles. The number of hydrogen-bond acceptors (Lipinski definition) is 3. The third-order valence-electron chi connectivity index (χ3n) is 1.48. The molecule has 1 N–H and O–H groups in total. The van der Waals surface area contributed by atoms with Gasteiger partial charge in [-0.2, -0.15) is 0 Å². The van der Waals surface area contributed by atoms with E-state index in [1.54, 1.807) is 0 Å². The second-order valence-corrected chi connectivity index (χ2v) is 2.65. The summed E-state index contributed by atoms with van der Waals surface area (Å²) in [6.07, 6.45) is 2.37. The summed E-state index contributed by atoms with van der Waals surface area (Å²) in [5.74, 6) is 0. The maximum atomic E-state index is 5.73. The summed E-state index contributed by atoms with van der Waals surface area (Å²) < 4.78 is 0. The van der Waals surface area contributed by atoms with Gasteiger partial charge in [-0.25, -0.2) is 0 Å². The second-order valence-electron chi connectivity index (χ2n) is 2.31. The lowest BCUT2D eigenvalue weighted by molar-refractivity contribution is 0.418. The Morgan fingerprint density at radius 3 is 3.10 bits per heavy atom. The maximum Gasteiger partial charge on any atom is 0.218 e. The Morgan fingerprint density at radius 2 is 2.60 bits per heavy atom. The fourth-order valence-electron chi connectivity index (χ4n) is 0.842. The van der Waals surface area contributed by atoms with Crippen LogP contribution in [0.5, 0.6) is 0 Å². The molecule has 0 radical (unpaired) electrons. The maximum absolute atomic E-state index is 5.73. The molecule has 10 heavy (non-hydrogen) atoms. The number of unbranched alkanes of at least 4 members (excludes halogenated alkanes) is 1. The van der Waals surface area contributed by atoms with Crippen LogP contribution < -0.4 is 5.43 Å². The van der Waals surface area contributed by atoms with Crippen molar-refractivity contribution in [2.75, 3.05) is 13.2 Å².